The first-order valence-electron chi connectivity index (χ1n) is 10.9. The average molecular weight is 442 g/mol. The molecule has 1 N–H and O–H groups in total. The lowest BCUT2D eigenvalue weighted by molar-refractivity contribution is 0.0106. The standard InChI is InChI=1S/C24H28FN3O4/c1-17(26-29)18-3-6-21(7-4-18)31-16-30-14-2-11-28-12-9-19(10-13-28)24-22-8-5-20(25)15-23(22)32-27-24/h3-8,15,19,29H,2,9-14,16H2,1H3/b26-17+. The molecule has 1 aliphatic heterocycles. The van der Waals surface area contributed by atoms with Crippen LogP contribution in [0.4, 0.5) is 4.39 Å². The molecule has 0 unspecified atom stereocenters. The summed E-state index contributed by atoms with van der Waals surface area (Å²) in [6.45, 7) is 5.55. The molecule has 2 aromatic carbocycles. The smallest absolute Gasteiger partial charge is 0.189 e. The molecule has 0 aliphatic carbocycles. The van der Waals surface area contributed by atoms with E-state index in [9.17, 15) is 4.39 Å². The summed E-state index contributed by atoms with van der Waals surface area (Å²) in [4.78, 5) is 2.44. The van der Waals surface area contributed by atoms with E-state index in [4.69, 9.17) is 19.2 Å². The van der Waals surface area contributed by atoms with Crippen LogP contribution in [0.15, 0.2) is 52.1 Å². The third-order valence-electron chi connectivity index (χ3n) is 5.93. The fraction of sp³-hybridized carbons (Fsp3) is 0.417. The molecular formula is C24H28FN3O4. The molecule has 170 valence electrons. The van der Waals surface area contributed by atoms with Crippen LogP contribution in [0.25, 0.3) is 11.0 Å². The Morgan fingerprint density at radius 2 is 2.00 bits per heavy atom. The quantitative estimate of drug-likeness (QED) is 0.169. The molecule has 8 heteroatoms. The van der Waals surface area contributed by atoms with Crippen LogP contribution in [-0.4, -0.2) is 54.0 Å². The summed E-state index contributed by atoms with van der Waals surface area (Å²) in [7, 11) is 0. The highest BCUT2D eigenvalue weighted by molar-refractivity contribution is 5.98. The Labute approximate surface area is 186 Å². The molecule has 32 heavy (non-hydrogen) atoms. The number of benzene rings is 2. The Morgan fingerprint density at radius 1 is 1.22 bits per heavy atom. The highest BCUT2D eigenvalue weighted by Crippen LogP contribution is 2.32. The first kappa shape index (κ1) is 22.2. The molecule has 1 aliphatic rings. The molecule has 0 saturated carbocycles. The highest BCUT2D eigenvalue weighted by atomic mass is 19.1. The van der Waals surface area contributed by atoms with E-state index in [-0.39, 0.29) is 12.6 Å². The van der Waals surface area contributed by atoms with Crippen molar-refractivity contribution >= 4 is 16.7 Å². The van der Waals surface area contributed by atoms with Crippen molar-refractivity contribution in [2.45, 2.75) is 32.1 Å². The molecule has 0 radical (unpaired) electrons. The van der Waals surface area contributed by atoms with Crippen LogP contribution in [0, 0.1) is 5.82 Å². The number of hydrogen-bond acceptors (Lipinski definition) is 7. The number of nitrogens with zero attached hydrogens (tertiary/aromatic N) is 3. The van der Waals surface area contributed by atoms with Crippen molar-refractivity contribution in [2.24, 2.45) is 5.16 Å². The van der Waals surface area contributed by atoms with Gasteiger partial charge in [0.25, 0.3) is 0 Å². The molecule has 0 spiro atoms. The summed E-state index contributed by atoms with van der Waals surface area (Å²) >= 11 is 0. The van der Waals surface area contributed by atoms with Gasteiger partial charge in [-0.25, -0.2) is 4.39 Å². The number of ether oxygens (including phenoxy) is 2. The lowest BCUT2D eigenvalue weighted by Gasteiger charge is -2.31. The first-order chi connectivity index (χ1) is 15.6. The van der Waals surface area contributed by atoms with E-state index < -0.39 is 0 Å². The zero-order valence-electron chi connectivity index (χ0n) is 18.2. The summed E-state index contributed by atoms with van der Waals surface area (Å²) in [6.07, 6.45) is 2.96. The normalized spacial score (nSPS) is 16.0. The summed E-state index contributed by atoms with van der Waals surface area (Å²) in [5.41, 5.74) is 2.87. The zero-order chi connectivity index (χ0) is 22.3. The van der Waals surface area contributed by atoms with Gasteiger partial charge in [-0.2, -0.15) is 0 Å². The molecule has 0 atom stereocenters. The number of aromatic nitrogens is 1. The topological polar surface area (TPSA) is 80.3 Å². The molecule has 3 aromatic rings. The monoisotopic (exact) mass is 441 g/mol. The molecule has 1 aromatic heterocycles. The Balaban J connectivity index is 1.12. The summed E-state index contributed by atoms with van der Waals surface area (Å²) in [6, 6.07) is 12.0. The van der Waals surface area contributed by atoms with Gasteiger partial charge in [0, 0.05) is 23.9 Å². The second kappa shape index (κ2) is 10.6. The van der Waals surface area contributed by atoms with Crippen molar-refractivity contribution in [3.63, 3.8) is 0 Å². The highest BCUT2D eigenvalue weighted by Gasteiger charge is 2.24. The van der Waals surface area contributed by atoms with Gasteiger partial charge in [-0.05, 0) is 81.2 Å². The van der Waals surface area contributed by atoms with Gasteiger partial charge in [0.15, 0.2) is 12.4 Å². The maximum Gasteiger partial charge on any atom is 0.189 e. The minimum atomic E-state index is -0.302. The van der Waals surface area contributed by atoms with E-state index in [1.54, 1.807) is 13.0 Å². The largest absolute Gasteiger partial charge is 0.468 e. The fourth-order valence-corrected chi connectivity index (χ4v) is 4.06. The van der Waals surface area contributed by atoms with Gasteiger partial charge in [0.05, 0.1) is 18.0 Å². The summed E-state index contributed by atoms with van der Waals surface area (Å²) < 4.78 is 29.9. The Kier molecular flexibility index (Phi) is 7.34. The maximum absolute atomic E-state index is 13.4. The third-order valence-corrected chi connectivity index (χ3v) is 5.93. The Morgan fingerprint density at radius 3 is 2.75 bits per heavy atom. The van der Waals surface area contributed by atoms with Crippen LogP contribution in [0.3, 0.4) is 0 Å². The van der Waals surface area contributed by atoms with E-state index in [2.05, 4.69) is 15.2 Å². The molecule has 4 rings (SSSR count). The van der Waals surface area contributed by atoms with Crippen molar-refractivity contribution in [2.75, 3.05) is 33.0 Å². The van der Waals surface area contributed by atoms with Gasteiger partial charge in [-0.15, -0.1) is 0 Å². The lowest BCUT2D eigenvalue weighted by Crippen LogP contribution is -2.34. The van der Waals surface area contributed by atoms with Gasteiger partial charge in [-0.3, -0.25) is 0 Å². The molecule has 7 nitrogen and oxygen atoms in total. The summed E-state index contributed by atoms with van der Waals surface area (Å²) in [5, 5.41) is 17.1. The van der Waals surface area contributed by atoms with Crippen LogP contribution in [0.2, 0.25) is 0 Å². The number of likely N-dealkylation sites (tertiary alicyclic amines) is 1. The van der Waals surface area contributed by atoms with E-state index in [0.29, 0.717) is 29.6 Å². The van der Waals surface area contributed by atoms with Crippen molar-refractivity contribution in [3.8, 4) is 5.75 Å². The van der Waals surface area contributed by atoms with E-state index in [0.717, 1.165) is 55.5 Å². The van der Waals surface area contributed by atoms with Crippen molar-refractivity contribution in [1.29, 1.82) is 0 Å². The molecule has 0 amide bonds. The van der Waals surface area contributed by atoms with E-state index in [1.165, 1.54) is 12.1 Å². The van der Waals surface area contributed by atoms with Gasteiger partial charge in [0.1, 0.15) is 11.6 Å². The van der Waals surface area contributed by atoms with E-state index >= 15 is 0 Å². The van der Waals surface area contributed by atoms with Crippen molar-refractivity contribution in [1.82, 2.24) is 10.1 Å². The summed E-state index contributed by atoms with van der Waals surface area (Å²) in [5.74, 6) is 0.759. The molecule has 2 heterocycles. The number of piperidine rings is 1. The van der Waals surface area contributed by atoms with Crippen LogP contribution >= 0.6 is 0 Å². The molecule has 1 fully saturated rings. The molecule has 0 bridgehead atoms. The van der Waals surface area contributed by atoms with Crippen molar-refractivity contribution in [3.05, 3.63) is 59.5 Å². The van der Waals surface area contributed by atoms with Crippen LogP contribution < -0.4 is 4.74 Å². The number of fused-ring (bicyclic) bond motifs is 1. The number of rotatable bonds is 9. The average Bonchev–Trinajstić information content (AvgIpc) is 3.24. The Bertz CT molecular complexity index is 1040. The molecular weight excluding hydrogens is 413 g/mol. The zero-order valence-corrected chi connectivity index (χ0v) is 18.2. The van der Waals surface area contributed by atoms with Crippen LogP contribution in [0.5, 0.6) is 5.75 Å². The van der Waals surface area contributed by atoms with Crippen molar-refractivity contribution < 1.29 is 23.6 Å². The second-order valence-electron chi connectivity index (χ2n) is 8.06. The van der Waals surface area contributed by atoms with Gasteiger partial charge in [-0.1, -0.05) is 10.3 Å². The SMILES string of the molecule is C/C(=N\O)c1ccc(OCOCCCN2CCC(c3noc4cc(F)ccc34)CC2)cc1. The second-order valence-corrected chi connectivity index (χ2v) is 8.06. The minimum Gasteiger partial charge on any atom is -0.468 e. The maximum atomic E-state index is 13.4. The number of halogens is 1. The van der Waals surface area contributed by atoms with E-state index in [1.807, 2.05) is 24.3 Å². The molecule has 1 saturated heterocycles. The predicted molar refractivity (Wildman–Crippen MR) is 119 cm³/mol. The lowest BCUT2D eigenvalue weighted by atomic mass is 9.91. The fourth-order valence-electron chi connectivity index (χ4n) is 4.06. The number of oxime groups is 1. The van der Waals surface area contributed by atoms with Gasteiger partial charge >= 0.3 is 0 Å². The van der Waals surface area contributed by atoms with Gasteiger partial charge < -0.3 is 24.1 Å². The third kappa shape index (κ3) is 5.44. The van der Waals surface area contributed by atoms with Crippen LogP contribution in [-0.2, 0) is 4.74 Å². The van der Waals surface area contributed by atoms with Gasteiger partial charge in [0.2, 0.25) is 0 Å². The number of hydrogen-bond donors (Lipinski definition) is 1. The Hall–Kier alpha value is -2.97. The minimum absolute atomic E-state index is 0.203. The predicted octanol–water partition coefficient (Wildman–Crippen LogP) is 4.79. The van der Waals surface area contributed by atoms with Crippen LogP contribution in [0.1, 0.15) is 43.4 Å². The first-order valence-corrected chi connectivity index (χ1v) is 10.9.